The van der Waals surface area contributed by atoms with Crippen LogP contribution in [0.3, 0.4) is 0 Å². The van der Waals surface area contributed by atoms with Crippen molar-refractivity contribution in [3.8, 4) is 11.1 Å². The molecule has 46 heavy (non-hydrogen) atoms. The van der Waals surface area contributed by atoms with Crippen LogP contribution in [-0.2, 0) is 22.4 Å². The first-order valence-corrected chi connectivity index (χ1v) is 15.5. The summed E-state index contributed by atoms with van der Waals surface area (Å²) < 4.78 is 12.8. The molecule has 1 fully saturated rings. The van der Waals surface area contributed by atoms with Crippen molar-refractivity contribution >= 4 is 29.1 Å². The van der Waals surface area contributed by atoms with Gasteiger partial charge in [-0.2, -0.15) is 0 Å². The average molecular weight is 626 g/mol. The Kier molecular flexibility index (Phi) is 8.05. The van der Waals surface area contributed by atoms with E-state index in [9.17, 15) is 19.5 Å². The fourth-order valence-corrected chi connectivity index (χ4v) is 6.44. The van der Waals surface area contributed by atoms with Crippen LogP contribution in [-0.4, -0.2) is 79.4 Å². The molecule has 4 aromatic rings. The van der Waals surface area contributed by atoms with E-state index in [4.69, 9.17) is 9.47 Å². The SMILES string of the molecule is Cc1cc(C(=O)N2CCc3cc(-c4cnc5c(c4)c(C)cn5C(=O)OC(C)(C)C)cc([C@@H]4COCCN4C(=O)O)c3C2)cc(C)n1. The number of carboxylic acid groups (broad SMARTS) is 1. The number of rotatable bonds is 3. The van der Waals surface area contributed by atoms with Crippen molar-refractivity contribution in [3.63, 3.8) is 0 Å². The fraction of sp³-hybridized carbons (Fsp3) is 0.400. The summed E-state index contributed by atoms with van der Waals surface area (Å²) in [7, 11) is 0. The predicted octanol–water partition coefficient (Wildman–Crippen LogP) is 6.06. The lowest BCUT2D eigenvalue weighted by atomic mass is 9.86. The summed E-state index contributed by atoms with van der Waals surface area (Å²) in [4.78, 5) is 51.3. The molecule has 2 amide bonds. The molecule has 1 N–H and O–H groups in total. The van der Waals surface area contributed by atoms with Gasteiger partial charge in [0.05, 0.1) is 19.3 Å². The van der Waals surface area contributed by atoms with Crippen LogP contribution in [0.25, 0.3) is 22.2 Å². The van der Waals surface area contributed by atoms with Gasteiger partial charge in [-0.1, -0.05) is 6.07 Å². The first kappa shape index (κ1) is 31.2. The number of aryl methyl sites for hydroxylation is 3. The Balaban J connectivity index is 1.42. The highest BCUT2D eigenvalue weighted by Gasteiger charge is 2.34. The zero-order valence-corrected chi connectivity index (χ0v) is 27.1. The number of nitrogens with zero attached hydrogens (tertiary/aromatic N) is 5. The average Bonchev–Trinajstić information content (AvgIpc) is 3.34. The zero-order chi connectivity index (χ0) is 32.9. The molecule has 0 saturated carbocycles. The molecule has 11 nitrogen and oxygen atoms in total. The summed E-state index contributed by atoms with van der Waals surface area (Å²) in [5, 5.41) is 10.9. The molecule has 5 heterocycles. The monoisotopic (exact) mass is 625 g/mol. The second-order valence-electron chi connectivity index (χ2n) is 13.1. The highest BCUT2D eigenvalue weighted by Crippen LogP contribution is 2.37. The minimum absolute atomic E-state index is 0.0797. The number of fused-ring (bicyclic) bond motifs is 2. The lowest BCUT2D eigenvalue weighted by molar-refractivity contribution is -0.00145. The Labute approximate surface area is 267 Å². The van der Waals surface area contributed by atoms with Crippen LogP contribution in [0.15, 0.2) is 42.7 Å². The molecule has 3 aromatic heterocycles. The summed E-state index contributed by atoms with van der Waals surface area (Å²) >= 11 is 0. The van der Waals surface area contributed by atoms with Gasteiger partial charge in [0, 0.05) is 59.9 Å². The molecule has 0 aliphatic carbocycles. The van der Waals surface area contributed by atoms with E-state index in [2.05, 4.69) is 16.0 Å². The molecule has 0 spiro atoms. The highest BCUT2D eigenvalue weighted by atomic mass is 16.6. The van der Waals surface area contributed by atoms with Gasteiger partial charge in [-0.25, -0.2) is 19.1 Å². The molecule has 0 bridgehead atoms. The molecule has 11 heteroatoms. The minimum atomic E-state index is -1.01. The second-order valence-corrected chi connectivity index (χ2v) is 13.1. The molecule has 1 aromatic carbocycles. The van der Waals surface area contributed by atoms with Crippen LogP contribution >= 0.6 is 0 Å². The Hall–Kier alpha value is -4.77. The molecule has 240 valence electrons. The van der Waals surface area contributed by atoms with Gasteiger partial charge in [0.15, 0.2) is 0 Å². The van der Waals surface area contributed by atoms with Crippen LogP contribution in [0.5, 0.6) is 0 Å². The Bertz CT molecular complexity index is 1850. The topological polar surface area (TPSA) is 127 Å². The predicted molar refractivity (Wildman–Crippen MR) is 172 cm³/mol. The van der Waals surface area contributed by atoms with Crippen molar-refractivity contribution < 1.29 is 29.0 Å². The minimum Gasteiger partial charge on any atom is -0.465 e. The number of morpholine rings is 1. The smallest absolute Gasteiger partial charge is 0.420 e. The van der Waals surface area contributed by atoms with Crippen molar-refractivity contribution in [1.82, 2.24) is 24.3 Å². The van der Waals surface area contributed by atoms with E-state index in [0.29, 0.717) is 37.3 Å². The van der Waals surface area contributed by atoms with Gasteiger partial charge in [-0.15, -0.1) is 0 Å². The normalized spacial score (nSPS) is 16.8. The maximum absolute atomic E-state index is 13.7. The lowest BCUT2D eigenvalue weighted by Gasteiger charge is -2.38. The Morgan fingerprint density at radius 3 is 2.43 bits per heavy atom. The number of hydrogen-bond donors (Lipinski definition) is 1. The fourth-order valence-electron chi connectivity index (χ4n) is 6.44. The molecular formula is C35H39N5O6. The van der Waals surface area contributed by atoms with E-state index in [1.165, 1.54) is 9.47 Å². The van der Waals surface area contributed by atoms with Gasteiger partial charge in [0.1, 0.15) is 11.2 Å². The molecular weight excluding hydrogens is 586 g/mol. The third kappa shape index (κ3) is 6.06. The third-order valence-electron chi connectivity index (χ3n) is 8.49. The van der Waals surface area contributed by atoms with Crippen molar-refractivity contribution in [1.29, 1.82) is 0 Å². The molecule has 1 saturated heterocycles. The number of aromatic nitrogens is 3. The number of carbonyl (C=O) groups excluding carboxylic acids is 2. The van der Waals surface area contributed by atoms with Gasteiger partial charge in [0.2, 0.25) is 0 Å². The number of benzene rings is 1. The molecule has 0 radical (unpaired) electrons. The maximum atomic E-state index is 13.7. The van der Waals surface area contributed by atoms with Crippen LogP contribution in [0.4, 0.5) is 9.59 Å². The lowest BCUT2D eigenvalue weighted by Crippen LogP contribution is -2.44. The number of ether oxygens (including phenoxy) is 2. The Morgan fingerprint density at radius 1 is 1.00 bits per heavy atom. The van der Waals surface area contributed by atoms with Crippen molar-refractivity contribution in [2.75, 3.05) is 26.3 Å². The molecule has 1 atom stereocenters. The summed E-state index contributed by atoms with van der Waals surface area (Å²) in [6.45, 7) is 12.8. The number of carbonyl (C=O) groups is 3. The first-order valence-electron chi connectivity index (χ1n) is 15.5. The summed E-state index contributed by atoms with van der Waals surface area (Å²) in [5.74, 6) is -0.0797. The maximum Gasteiger partial charge on any atom is 0.420 e. The summed E-state index contributed by atoms with van der Waals surface area (Å²) in [6.07, 6.45) is 2.56. The molecule has 2 aliphatic rings. The molecule has 2 aliphatic heterocycles. The van der Waals surface area contributed by atoms with Crippen LogP contribution in [0, 0.1) is 20.8 Å². The van der Waals surface area contributed by atoms with Crippen LogP contribution < -0.4 is 0 Å². The third-order valence-corrected chi connectivity index (χ3v) is 8.49. The standard InChI is InChI=1S/C35H39N5O6/c1-20-17-40(34(44)46-35(4,5)6)31-27(20)15-26(16-36-31)24-13-23-7-8-38(32(41)25-11-21(2)37-22(3)12-25)18-29(23)28(14-24)30-19-45-10-9-39(30)33(42)43/h11-17,30H,7-10,18-19H2,1-6H3,(H,42,43)/t30-/m0/s1. The first-order chi connectivity index (χ1) is 21.8. The van der Waals surface area contributed by atoms with Crippen molar-refractivity contribution in [3.05, 3.63) is 81.9 Å². The van der Waals surface area contributed by atoms with Crippen LogP contribution in [0.1, 0.15) is 70.8 Å². The summed E-state index contributed by atoms with van der Waals surface area (Å²) in [6, 6.07) is 9.19. The van der Waals surface area contributed by atoms with Gasteiger partial charge < -0.3 is 19.5 Å². The van der Waals surface area contributed by atoms with E-state index in [-0.39, 0.29) is 19.1 Å². The van der Waals surface area contributed by atoms with Gasteiger partial charge in [0.25, 0.3) is 5.91 Å². The largest absolute Gasteiger partial charge is 0.465 e. The second kappa shape index (κ2) is 11.9. The number of pyridine rings is 2. The number of amides is 2. The van der Waals surface area contributed by atoms with E-state index in [1.54, 1.807) is 24.5 Å². The Morgan fingerprint density at radius 2 is 1.74 bits per heavy atom. The van der Waals surface area contributed by atoms with Crippen molar-refractivity contribution in [2.45, 2.75) is 66.2 Å². The highest BCUT2D eigenvalue weighted by molar-refractivity contribution is 5.95. The summed E-state index contributed by atoms with van der Waals surface area (Å²) in [5.41, 5.74) is 7.41. The van der Waals surface area contributed by atoms with Crippen LogP contribution in [0.2, 0.25) is 0 Å². The van der Waals surface area contributed by atoms with E-state index in [0.717, 1.165) is 50.2 Å². The molecule has 6 rings (SSSR count). The van der Waals surface area contributed by atoms with Gasteiger partial charge in [-0.3, -0.25) is 14.7 Å². The van der Waals surface area contributed by atoms with Crippen molar-refractivity contribution in [2.24, 2.45) is 0 Å². The van der Waals surface area contributed by atoms with Gasteiger partial charge >= 0.3 is 12.2 Å². The molecule has 0 unspecified atom stereocenters. The number of hydrogen-bond acceptors (Lipinski definition) is 7. The van der Waals surface area contributed by atoms with Gasteiger partial charge in [-0.05, 0) is 100 Å². The van der Waals surface area contributed by atoms with E-state index >= 15 is 0 Å². The van der Waals surface area contributed by atoms with E-state index < -0.39 is 23.8 Å². The quantitative estimate of drug-likeness (QED) is 0.291. The zero-order valence-electron chi connectivity index (χ0n) is 27.1. The van der Waals surface area contributed by atoms with E-state index in [1.807, 2.05) is 58.6 Å².